The quantitative estimate of drug-likeness (QED) is 0.818. The van der Waals surface area contributed by atoms with E-state index < -0.39 is 0 Å². The van der Waals surface area contributed by atoms with Gasteiger partial charge in [0.1, 0.15) is 5.82 Å². The molecule has 0 unspecified atom stereocenters. The van der Waals surface area contributed by atoms with Crippen molar-refractivity contribution in [3.8, 4) is 18.1 Å². The Bertz CT molecular complexity index is 840. The van der Waals surface area contributed by atoms with E-state index in [1.165, 1.54) is 13.2 Å². The van der Waals surface area contributed by atoms with E-state index in [0.717, 1.165) is 37.7 Å². The molecule has 0 bridgehead atoms. The molecule has 0 aliphatic carbocycles. The Morgan fingerprint density at radius 2 is 2.00 bits per heavy atom. The summed E-state index contributed by atoms with van der Waals surface area (Å²) in [4.78, 5) is 20.5. The number of hydrogen-bond donors (Lipinski definition) is 1. The van der Waals surface area contributed by atoms with Crippen LogP contribution in [0.2, 0.25) is 0 Å². The highest BCUT2D eigenvalue weighted by Gasteiger charge is 2.19. The average Bonchev–Trinajstić information content (AvgIpc) is 2.72. The molecule has 2 aromatic rings. The largest absolute Gasteiger partial charge is 0.494 e. The van der Waals surface area contributed by atoms with E-state index in [2.05, 4.69) is 26.0 Å². The second kappa shape index (κ2) is 8.41. The third-order valence-electron chi connectivity index (χ3n) is 4.47. The minimum atomic E-state index is -0.363. The molecular weight excluding hydrogens is 347 g/mol. The van der Waals surface area contributed by atoms with Crippen LogP contribution in [0.5, 0.6) is 5.75 Å². The molecule has 27 heavy (non-hydrogen) atoms. The van der Waals surface area contributed by atoms with Crippen LogP contribution < -0.4 is 19.9 Å². The Morgan fingerprint density at radius 3 is 2.59 bits per heavy atom. The summed E-state index contributed by atoms with van der Waals surface area (Å²) in [5.41, 5.74) is 1.31. The van der Waals surface area contributed by atoms with Crippen LogP contribution in [0, 0.1) is 18.2 Å². The SMILES string of the molecule is C#CCNC(=O)c1ccc(N2CCN(c3ccc(OC)c(F)c3)CC2)nc1. The van der Waals surface area contributed by atoms with Crippen molar-refractivity contribution < 1.29 is 13.9 Å². The van der Waals surface area contributed by atoms with Crippen molar-refractivity contribution in [1.82, 2.24) is 10.3 Å². The summed E-state index contributed by atoms with van der Waals surface area (Å²) in [5.74, 6) is 2.82. The molecular formula is C20H21FN4O2. The van der Waals surface area contributed by atoms with Crippen molar-refractivity contribution in [1.29, 1.82) is 0 Å². The zero-order valence-electron chi connectivity index (χ0n) is 15.1. The number of nitrogens with one attached hydrogen (secondary N) is 1. The number of amides is 1. The fourth-order valence-corrected chi connectivity index (χ4v) is 2.99. The maximum absolute atomic E-state index is 13.9. The van der Waals surface area contributed by atoms with Crippen LogP contribution in [0.1, 0.15) is 10.4 Å². The fraction of sp³-hybridized carbons (Fsp3) is 0.300. The number of rotatable bonds is 5. The third kappa shape index (κ3) is 4.29. The lowest BCUT2D eigenvalue weighted by Gasteiger charge is -2.36. The molecule has 0 radical (unpaired) electrons. The molecule has 1 amide bonds. The first-order valence-corrected chi connectivity index (χ1v) is 8.63. The van der Waals surface area contributed by atoms with Gasteiger partial charge in [0.2, 0.25) is 0 Å². The van der Waals surface area contributed by atoms with Gasteiger partial charge in [0.25, 0.3) is 5.91 Å². The van der Waals surface area contributed by atoms with Crippen LogP contribution in [0.3, 0.4) is 0 Å². The van der Waals surface area contributed by atoms with Gasteiger partial charge in [-0.1, -0.05) is 5.92 Å². The summed E-state index contributed by atoms with van der Waals surface area (Å²) < 4.78 is 18.9. The van der Waals surface area contributed by atoms with Gasteiger partial charge in [0.05, 0.1) is 19.2 Å². The van der Waals surface area contributed by atoms with Crippen LogP contribution in [0.4, 0.5) is 15.9 Å². The molecule has 0 atom stereocenters. The van der Waals surface area contributed by atoms with E-state index in [-0.39, 0.29) is 24.0 Å². The summed E-state index contributed by atoms with van der Waals surface area (Å²) in [6.07, 6.45) is 6.68. The minimum Gasteiger partial charge on any atom is -0.494 e. The van der Waals surface area contributed by atoms with Crippen LogP contribution in [0.25, 0.3) is 0 Å². The minimum absolute atomic E-state index is 0.189. The standard InChI is InChI=1S/C20H21FN4O2/c1-3-8-22-20(26)15-4-7-19(23-14-15)25-11-9-24(10-12-25)16-5-6-18(27-2)17(21)13-16/h1,4-7,13-14H,8-12H2,2H3,(H,22,26). The molecule has 1 fully saturated rings. The second-order valence-electron chi connectivity index (χ2n) is 6.08. The van der Waals surface area contributed by atoms with Gasteiger partial charge < -0.3 is 19.9 Å². The number of terminal acetylenes is 1. The molecule has 7 heteroatoms. The Labute approximate surface area is 157 Å². The number of nitrogens with zero attached hydrogens (tertiary/aromatic N) is 3. The summed E-state index contributed by atoms with van der Waals surface area (Å²) in [6.45, 7) is 3.19. The Kier molecular flexibility index (Phi) is 5.77. The molecule has 0 saturated carbocycles. The topological polar surface area (TPSA) is 57.7 Å². The molecule has 140 valence electrons. The van der Waals surface area contributed by atoms with Crippen LogP contribution in [-0.2, 0) is 0 Å². The molecule has 6 nitrogen and oxygen atoms in total. The number of carbonyl (C=O) groups is 1. The molecule has 0 spiro atoms. The highest BCUT2D eigenvalue weighted by molar-refractivity contribution is 5.94. The van der Waals surface area contributed by atoms with E-state index >= 15 is 0 Å². The number of methoxy groups -OCH3 is 1. The summed E-state index contributed by atoms with van der Waals surface area (Å²) >= 11 is 0. The fourth-order valence-electron chi connectivity index (χ4n) is 2.99. The van der Waals surface area contributed by atoms with Gasteiger partial charge in [-0.15, -0.1) is 6.42 Å². The zero-order valence-corrected chi connectivity index (χ0v) is 15.1. The normalized spacial score (nSPS) is 13.8. The first-order chi connectivity index (χ1) is 13.1. The first-order valence-electron chi connectivity index (χ1n) is 8.63. The Balaban J connectivity index is 1.60. The van der Waals surface area contributed by atoms with E-state index in [1.807, 2.05) is 12.1 Å². The molecule has 1 aromatic heterocycles. The number of benzene rings is 1. The van der Waals surface area contributed by atoms with E-state index in [0.29, 0.717) is 5.56 Å². The number of pyridine rings is 1. The highest BCUT2D eigenvalue weighted by Crippen LogP contribution is 2.25. The van der Waals surface area contributed by atoms with Gasteiger partial charge in [0.15, 0.2) is 11.6 Å². The molecule has 2 heterocycles. The zero-order chi connectivity index (χ0) is 19.2. The number of carbonyl (C=O) groups excluding carboxylic acids is 1. The third-order valence-corrected chi connectivity index (χ3v) is 4.47. The van der Waals surface area contributed by atoms with E-state index in [4.69, 9.17) is 11.2 Å². The summed E-state index contributed by atoms with van der Waals surface area (Å²) in [6, 6.07) is 8.56. The predicted octanol–water partition coefficient (Wildman–Crippen LogP) is 1.92. The average molecular weight is 368 g/mol. The van der Waals surface area contributed by atoms with Gasteiger partial charge >= 0.3 is 0 Å². The maximum atomic E-state index is 13.9. The lowest BCUT2D eigenvalue weighted by molar-refractivity contribution is 0.0958. The number of piperazine rings is 1. The van der Waals surface area contributed by atoms with Gasteiger partial charge in [0, 0.05) is 44.1 Å². The lowest BCUT2D eigenvalue weighted by Crippen LogP contribution is -2.46. The first kappa shape index (κ1) is 18.5. The number of ether oxygens (including phenoxy) is 1. The molecule has 1 aliphatic heterocycles. The Hall–Kier alpha value is -3.27. The number of anilines is 2. The number of aromatic nitrogens is 1. The van der Waals surface area contributed by atoms with Crippen molar-refractivity contribution in [3.63, 3.8) is 0 Å². The van der Waals surface area contributed by atoms with Crippen molar-refractivity contribution in [2.24, 2.45) is 0 Å². The monoisotopic (exact) mass is 368 g/mol. The lowest BCUT2D eigenvalue weighted by atomic mass is 10.2. The van der Waals surface area contributed by atoms with Crippen molar-refractivity contribution in [3.05, 3.63) is 47.9 Å². The summed E-state index contributed by atoms with van der Waals surface area (Å²) in [7, 11) is 1.45. The number of halogens is 1. The second-order valence-corrected chi connectivity index (χ2v) is 6.08. The van der Waals surface area contributed by atoms with Crippen LogP contribution >= 0.6 is 0 Å². The molecule has 3 rings (SSSR count). The summed E-state index contributed by atoms with van der Waals surface area (Å²) in [5, 5.41) is 2.61. The van der Waals surface area contributed by atoms with Crippen molar-refractivity contribution >= 4 is 17.4 Å². The molecule has 1 N–H and O–H groups in total. The predicted molar refractivity (Wildman–Crippen MR) is 103 cm³/mol. The van der Waals surface area contributed by atoms with E-state index in [9.17, 15) is 9.18 Å². The van der Waals surface area contributed by atoms with Gasteiger partial charge in [-0.2, -0.15) is 0 Å². The maximum Gasteiger partial charge on any atom is 0.253 e. The van der Waals surface area contributed by atoms with Gasteiger partial charge in [-0.05, 0) is 24.3 Å². The van der Waals surface area contributed by atoms with Crippen molar-refractivity contribution in [2.45, 2.75) is 0 Å². The highest BCUT2D eigenvalue weighted by atomic mass is 19.1. The van der Waals surface area contributed by atoms with Crippen LogP contribution in [-0.4, -0.2) is 50.7 Å². The van der Waals surface area contributed by atoms with Crippen LogP contribution in [0.15, 0.2) is 36.5 Å². The molecule has 1 saturated heterocycles. The van der Waals surface area contributed by atoms with Gasteiger partial charge in [-0.3, -0.25) is 4.79 Å². The van der Waals surface area contributed by atoms with Crippen molar-refractivity contribution in [2.75, 3.05) is 49.6 Å². The smallest absolute Gasteiger partial charge is 0.253 e. The Morgan fingerprint density at radius 1 is 1.26 bits per heavy atom. The molecule has 1 aliphatic rings. The molecule has 1 aromatic carbocycles. The van der Waals surface area contributed by atoms with E-state index in [1.54, 1.807) is 18.3 Å². The number of hydrogen-bond acceptors (Lipinski definition) is 5. The van der Waals surface area contributed by atoms with Gasteiger partial charge in [-0.25, -0.2) is 9.37 Å².